The molecule has 3 heterocycles. The Morgan fingerprint density at radius 1 is 1.17 bits per heavy atom. The van der Waals surface area contributed by atoms with Crippen LogP contribution in [0.1, 0.15) is 28.1 Å². The van der Waals surface area contributed by atoms with E-state index in [1.807, 2.05) is 55.6 Å². The molecule has 0 saturated carbocycles. The van der Waals surface area contributed by atoms with Crippen LogP contribution in [0.3, 0.4) is 0 Å². The van der Waals surface area contributed by atoms with Gasteiger partial charge in [0.1, 0.15) is 5.75 Å². The molecule has 1 fully saturated rings. The van der Waals surface area contributed by atoms with Crippen LogP contribution in [-0.4, -0.2) is 45.7 Å². The van der Waals surface area contributed by atoms with Crippen LogP contribution >= 0.6 is 23.1 Å². The Bertz CT molecular complexity index is 1390. The van der Waals surface area contributed by atoms with Gasteiger partial charge in [-0.3, -0.25) is 9.69 Å². The largest absolute Gasteiger partial charge is 0.496 e. The summed E-state index contributed by atoms with van der Waals surface area (Å²) in [5.41, 5.74) is 5.27. The van der Waals surface area contributed by atoms with Crippen molar-refractivity contribution in [2.24, 2.45) is 0 Å². The van der Waals surface area contributed by atoms with E-state index in [1.54, 1.807) is 30.2 Å². The van der Waals surface area contributed by atoms with Crippen LogP contribution < -0.4 is 10.1 Å². The lowest BCUT2D eigenvalue weighted by molar-refractivity contribution is -0.120. The first kappa shape index (κ1) is 24.7. The molecule has 0 radical (unpaired) electrons. The molecule has 2 atom stereocenters. The number of methoxy groups -OCH3 is 1. The van der Waals surface area contributed by atoms with Crippen molar-refractivity contribution >= 4 is 44.9 Å². The van der Waals surface area contributed by atoms with E-state index in [9.17, 15) is 4.79 Å². The number of aryl methyl sites for hydroxylation is 1. The summed E-state index contributed by atoms with van der Waals surface area (Å²) in [5, 5.41) is 5.46. The van der Waals surface area contributed by atoms with Gasteiger partial charge in [0.05, 0.1) is 33.4 Å². The second kappa shape index (κ2) is 10.6. The minimum Gasteiger partial charge on any atom is -0.496 e. The Hall–Kier alpha value is -2.94. The zero-order valence-electron chi connectivity index (χ0n) is 20.9. The maximum atomic E-state index is 13.6. The van der Waals surface area contributed by atoms with Crippen LogP contribution in [0.2, 0.25) is 0 Å². The van der Waals surface area contributed by atoms with Gasteiger partial charge < -0.3 is 10.1 Å². The maximum Gasteiger partial charge on any atom is 0.241 e. The van der Waals surface area contributed by atoms with Gasteiger partial charge >= 0.3 is 0 Å². The van der Waals surface area contributed by atoms with Crippen LogP contribution in [0, 0.1) is 20.8 Å². The fourth-order valence-corrected chi connectivity index (χ4v) is 6.76. The summed E-state index contributed by atoms with van der Waals surface area (Å²) in [6.45, 7) is 7.74. The third-order valence-electron chi connectivity index (χ3n) is 6.80. The van der Waals surface area contributed by atoms with Crippen LogP contribution in [0.4, 0.5) is 5.69 Å². The standard InChI is InChI=1S/C28H30N4O2S2/c1-17-18(2)25(34-4)10-8-20(17)15-32-16-22(36-27-7-5-6-12-29-27)14-24(32)28(33)31-21-9-11-26-23(13-21)30-19(3)35-26/h5-13,22,24H,14-16H2,1-4H3,(H,31,33)/t22-,24+/m1/s1. The lowest BCUT2D eigenvalue weighted by Gasteiger charge is -2.25. The van der Waals surface area contributed by atoms with Gasteiger partial charge in [-0.15, -0.1) is 23.1 Å². The molecule has 1 amide bonds. The molecule has 36 heavy (non-hydrogen) atoms. The van der Waals surface area contributed by atoms with Gasteiger partial charge in [0, 0.05) is 30.2 Å². The number of hydrogen-bond donors (Lipinski definition) is 1. The number of ether oxygens (including phenoxy) is 1. The Morgan fingerprint density at radius 3 is 2.81 bits per heavy atom. The molecule has 1 aliphatic rings. The number of pyridine rings is 1. The van der Waals surface area contributed by atoms with Crippen molar-refractivity contribution < 1.29 is 9.53 Å². The van der Waals surface area contributed by atoms with Crippen LogP contribution in [0.5, 0.6) is 5.75 Å². The first-order valence-corrected chi connectivity index (χ1v) is 13.7. The molecule has 1 aliphatic heterocycles. The van der Waals surface area contributed by atoms with Crippen LogP contribution in [-0.2, 0) is 11.3 Å². The Balaban J connectivity index is 1.38. The number of benzene rings is 2. The number of carbonyl (C=O) groups excluding carboxylic acids is 1. The fraction of sp³-hybridized carbons (Fsp3) is 0.321. The average Bonchev–Trinajstić information content (AvgIpc) is 3.44. The van der Waals surface area contributed by atoms with E-state index >= 15 is 0 Å². The number of thiazole rings is 1. The highest BCUT2D eigenvalue weighted by Gasteiger charge is 2.37. The molecule has 0 aliphatic carbocycles. The summed E-state index contributed by atoms with van der Waals surface area (Å²) in [4.78, 5) is 25.0. The Morgan fingerprint density at radius 2 is 2.03 bits per heavy atom. The Labute approximate surface area is 220 Å². The van der Waals surface area contributed by atoms with Gasteiger partial charge in [-0.2, -0.15) is 0 Å². The van der Waals surface area contributed by atoms with Crippen molar-refractivity contribution in [3.8, 4) is 5.75 Å². The van der Waals surface area contributed by atoms with Crippen molar-refractivity contribution in [2.75, 3.05) is 19.0 Å². The lowest BCUT2D eigenvalue weighted by Crippen LogP contribution is -2.39. The van der Waals surface area contributed by atoms with Gasteiger partial charge in [0.15, 0.2) is 0 Å². The predicted octanol–water partition coefficient (Wildman–Crippen LogP) is 6.00. The lowest BCUT2D eigenvalue weighted by atomic mass is 10.0. The third kappa shape index (κ3) is 5.26. The molecule has 0 unspecified atom stereocenters. The molecule has 5 rings (SSSR count). The normalized spacial score (nSPS) is 18.0. The van der Waals surface area contributed by atoms with Crippen molar-refractivity contribution in [2.45, 2.75) is 50.1 Å². The number of amides is 1. The smallest absolute Gasteiger partial charge is 0.241 e. The summed E-state index contributed by atoms with van der Waals surface area (Å²) in [6.07, 6.45) is 2.58. The van der Waals surface area contributed by atoms with E-state index in [2.05, 4.69) is 40.1 Å². The highest BCUT2D eigenvalue weighted by atomic mass is 32.2. The van der Waals surface area contributed by atoms with E-state index in [1.165, 1.54) is 11.1 Å². The molecular weight excluding hydrogens is 488 g/mol. The van der Waals surface area contributed by atoms with E-state index < -0.39 is 0 Å². The van der Waals surface area contributed by atoms with E-state index in [0.29, 0.717) is 6.54 Å². The number of hydrogen-bond acceptors (Lipinski definition) is 7. The van der Waals surface area contributed by atoms with Gasteiger partial charge in [-0.1, -0.05) is 12.1 Å². The summed E-state index contributed by atoms with van der Waals surface area (Å²) in [6, 6.07) is 15.8. The highest BCUT2D eigenvalue weighted by molar-refractivity contribution is 7.99. The number of rotatable bonds is 7. The number of aromatic nitrogens is 2. The number of thioether (sulfide) groups is 1. The number of nitrogens with zero attached hydrogens (tertiary/aromatic N) is 3. The van der Waals surface area contributed by atoms with E-state index in [-0.39, 0.29) is 17.2 Å². The predicted molar refractivity (Wildman–Crippen MR) is 148 cm³/mol. The van der Waals surface area contributed by atoms with Gasteiger partial charge in [-0.05, 0) is 80.3 Å². The first-order chi connectivity index (χ1) is 17.4. The van der Waals surface area contributed by atoms with E-state index in [0.717, 1.165) is 50.2 Å². The number of anilines is 1. The summed E-state index contributed by atoms with van der Waals surface area (Å²) >= 11 is 3.41. The van der Waals surface area contributed by atoms with Crippen molar-refractivity contribution in [3.05, 3.63) is 76.4 Å². The van der Waals surface area contributed by atoms with Crippen LogP contribution in [0.25, 0.3) is 10.2 Å². The second-order valence-corrected chi connectivity index (χ2v) is 11.7. The fourth-order valence-electron chi connectivity index (χ4n) is 4.79. The molecule has 2 aromatic heterocycles. The first-order valence-electron chi connectivity index (χ1n) is 12.0. The molecule has 8 heteroatoms. The third-order valence-corrected chi connectivity index (χ3v) is 8.91. The minimum atomic E-state index is -0.235. The molecule has 1 saturated heterocycles. The number of carbonyl (C=O) groups is 1. The zero-order valence-corrected chi connectivity index (χ0v) is 22.6. The second-order valence-electron chi connectivity index (χ2n) is 9.17. The topological polar surface area (TPSA) is 67.3 Å². The molecule has 0 bridgehead atoms. The molecule has 0 spiro atoms. The van der Waals surface area contributed by atoms with E-state index in [4.69, 9.17) is 4.74 Å². The molecule has 4 aromatic rings. The maximum absolute atomic E-state index is 13.6. The molecule has 2 aromatic carbocycles. The minimum absolute atomic E-state index is 0.0216. The van der Waals surface area contributed by atoms with Crippen LogP contribution in [0.15, 0.2) is 59.8 Å². The number of nitrogens with one attached hydrogen (secondary N) is 1. The van der Waals surface area contributed by atoms with Crippen molar-refractivity contribution in [3.63, 3.8) is 0 Å². The molecular formula is C28H30N4O2S2. The molecule has 1 N–H and O–H groups in total. The number of likely N-dealkylation sites (tertiary alicyclic amines) is 1. The highest BCUT2D eigenvalue weighted by Crippen LogP contribution is 2.35. The van der Waals surface area contributed by atoms with Gasteiger partial charge in [0.25, 0.3) is 0 Å². The summed E-state index contributed by atoms with van der Waals surface area (Å²) < 4.78 is 6.63. The SMILES string of the molecule is COc1ccc(CN2C[C@H](Sc3ccccn3)C[C@H]2C(=O)Nc2ccc3sc(C)nc3c2)c(C)c1C. The zero-order chi connectivity index (χ0) is 25.2. The van der Waals surface area contributed by atoms with Crippen molar-refractivity contribution in [1.29, 1.82) is 0 Å². The van der Waals surface area contributed by atoms with Crippen molar-refractivity contribution in [1.82, 2.24) is 14.9 Å². The quantitative estimate of drug-likeness (QED) is 0.324. The van der Waals surface area contributed by atoms with Gasteiger partial charge in [-0.25, -0.2) is 9.97 Å². The molecule has 186 valence electrons. The summed E-state index contributed by atoms with van der Waals surface area (Å²) in [5.74, 6) is 0.913. The number of fused-ring (bicyclic) bond motifs is 1. The average molecular weight is 519 g/mol. The van der Waals surface area contributed by atoms with Gasteiger partial charge in [0.2, 0.25) is 5.91 Å². The summed E-state index contributed by atoms with van der Waals surface area (Å²) in [7, 11) is 1.70. The molecule has 6 nitrogen and oxygen atoms in total. The monoisotopic (exact) mass is 518 g/mol. The Kier molecular flexibility index (Phi) is 7.27.